The van der Waals surface area contributed by atoms with Crippen LogP contribution in [0.25, 0.3) is 10.1 Å². The predicted octanol–water partition coefficient (Wildman–Crippen LogP) is 7.29. The van der Waals surface area contributed by atoms with E-state index < -0.39 is 35.1 Å². The molecule has 206 valence electrons. The van der Waals surface area contributed by atoms with Gasteiger partial charge in [-0.1, -0.05) is 37.1 Å². The summed E-state index contributed by atoms with van der Waals surface area (Å²) in [5, 5.41) is 14.0. The SMILES string of the molecule is O=C(N[C@H](C(=O)O)C12CC3CCC1CCC(C3)C2)c1sc2ccccc2c1OCc1ccc(C(F)(F)F)cc1. The van der Waals surface area contributed by atoms with E-state index in [1.54, 1.807) is 0 Å². The van der Waals surface area contributed by atoms with Crippen molar-refractivity contribution < 1.29 is 32.6 Å². The number of alkyl halides is 3. The molecule has 0 saturated heterocycles. The summed E-state index contributed by atoms with van der Waals surface area (Å²) < 4.78 is 45.7. The van der Waals surface area contributed by atoms with Crippen LogP contribution >= 0.6 is 11.3 Å². The summed E-state index contributed by atoms with van der Waals surface area (Å²) in [5.74, 6) is 0.177. The first kappa shape index (κ1) is 26.2. The number of benzene rings is 2. The van der Waals surface area contributed by atoms with Crippen LogP contribution in [-0.2, 0) is 17.6 Å². The molecule has 1 amide bonds. The highest BCUT2D eigenvalue weighted by Gasteiger charge is 2.57. The van der Waals surface area contributed by atoms with Gasteiger partial charge in [-0.2, -0.15) is 13.2 Å². The number of carbonyl (C=O) groups excluding carboxylic acids is 1. The van der Waals surface area contributed by atoms with Gasteiger partial charge in [0.05, 0.1) is 5.56 Å². The molecule has 3 bridgehead atoms. The fraction of sp³-hybridized carbons (Fsp3) is 0.467. The van der Waals surface area contributed by atoms with Crippen molar-refractivity contribution in [3.63, 3.8) is 0 Å². The van der Waals surface area contributed by atoms with Crippen molar-refractivity contribution >= 4 is 33.3 Å². The summed E-state index contributed by atoms with van der Waals surface area (Å²) in [7, 11) is 0. The second kappa shape index (κ2) is 9.84. The van der Waals surface area contributed by atoms with Crippen LogP contribution in [0.1, 0.15) is 65.7 Å². The van der Waals surface area contributed by atoms with Gasteiger partial charge in [-0.25, -0.2) is 4.79 Å². The van der Waals surface area contributed by atoms with E-state index in [0.29, 0.717) is 34.5 Å². The molecule has 0 aliphatic heterocycles. The largest absolute Gasteiger partial charge is 0.487 e. The average Bonchev–Trinajstić information content (AvgIpc) is 3.27. The third-order valence-electron chi connectivity index (χ3n) is 9.18. The number of hydrogen-bond donors (Lipinski definition) is 2. The first-order valence-corrected chi connectivity index (χ1v) is 14.3. The van der Waals surface area contributed by atoms with Crippen molar-refractivity contribution in [1.82, 2.24) is 5.32 Å². The molecule has 2 aromatic carbocycles. The smallest absolute Gasteiger partial charge is 0.416 e. The van der Waals surface area contributed by atoms with E-state index >= 15 is 0 Å². The van der Waals surface area contributed by atoms with Crippen molar-refractivity contribution in [2.24, 2.45) is 23.2 Å². The van der Waals surface area contributed by atoms with Crippen molar-refractivity contribution in [2.75, 3.05) is 0 Å². The molecule has 1 heterocycles. The molecule has 6 rings (SSSR count). The van der Waals surface area contributed by atoms with E-state index in [1.807, 2.05) is 24.3 Å². The highest BCUT2D eigenvalue weighted by molar-refractivity contribution is 7.21. The Bertz CT molecular complexity index is 1380. The lowest BCUT2D eigenvalue weighted by atomic mass is 9.47. The van der Waals surface area contributed by atoms with Gasteiger partial charge in [0.15, 0.2) is 5.75 Å². The minimum atomic E-state index is -4.43. The van der Waals surface area contributed by atoms with E-state index in [-0.39, 0.29) is 11.5 Å². The number of fused-ring (bicyclic) bond motifs is 3. The van der Waals surface area contributed by atoms with E-state index in [0.717, 1.165) is 61.8 Å². The summed E-state index contributed by atoms with van der Waals surface area (Å²) >= 11 is 1.23. The minimum absolute atomic E-state index is 0.0309. The Morgan fingerprint density at radius 3 is 2.33 bits per heavy atom. The van der Waals surface area contributed by atoms with E-state index in [9.17, 15) is 27.9 Å². The zero-order chi connectivity index (χ0) is 27.4. The van der Waals surface area contributed by atoms with Gasteiger partial charge < -0.3 is 15.2 Å². The van der Waals surface area contributed by atoms with Gasteiger partial charge in [-0.05, 0) is 79.7 Å². The Balaban J connectivity index is 1.28. The lowest BCUT2D eigenvalue weighted by molar-refractivity contribution is -0.153. The van der Waals surface area contributed by atoms with Crippen LogP contribution in [0.4, 0.5) is 13.2 Å². The molecule has 3 aliphatic carbocycles. The van der Waals surface area contributed by atoms with Crippen LogP contribution in [0.2, 0.25) is 0 Å². The van der Waals surface area contributed by atoms with Crippen molar-refractivity contribution in [2.45, 2.75) is 63.8 Å². The quantitative estimate of drug-likeness (QED) is 0.320. The molecule has 2 N–H and O–H groups in total. The molecule has 9 heteroatoms. The molecule has 3 atom stereocenters. The molecule has 1 aromatic heterocycles. The van der Waals surface area contributed by atoms with E-state index in [2.05, 4.69) is 5.32 Å². The molecular weight excluding hydrogens is 527 g/mol. The fourth-order valence-electron chi connectivity index (χ4n) is 7.54. The van der Waals surface area contributed by atoms with Crippen molar-refractivity contribution in [1.29, 1.82) is 0 Å². The normalized spacial score (nSPS) is 26.8. The van der Waals surface area contributed by atoms with E-state index in [1.165, 1.54) is 23.5 Å². The van der Waals surface area contributed by atoms with Crippen LogP contribution < -0.4 is 10.1 Å². The summed E-state index contributed by atoms with van der Waals surface area (Å²) in [6.07, 6.45) is 2.73. The monoisotopic (exact) mass is 557 g/mol. The molecule has 3 aliphatic rings. The number of aliphatic carboxylic acids is 1. The number of ether oxygens (including phenoxy) is 1. The molecular formula is C30H30F3NO4S. The highest BCUT2D eigenvalue weighted by atomic mass is 32.1. The Hall–Kier alpha value is -3.07. The third-order valence-corrected chi connectivity index (χ3v) is 10.3. The number of amides is 1. The number of nitrogens with one attached hydrogen (secondary N) is 1. The average molecular weight is 558 g/mol. The maximum atomic E-state index is 13.8. The van der Waals surface area contributed by atoms with Gasteiger partial charge in [-0.15, -0.1) is 11.3 Å². The number of halogens is 3. The summed E-state index contributed by atoms with van der Waals surface area (Å²) in [6, 6.07) is 11.1. The number of rotatable bonds is 7. The lowest BCUT2D eigenvalue weighted by Gasteiger charge is -2.58. The minimum Gasteiger partial charge on any atom is -0.487 e. The Morgan fingerprint density at radius 2 is 1.69 bits per heavy atom. The van der Waals surface area contributed by atoms with Crippen LogP contribution in [0.3, 0.4) is 0 Å². The van der Waals surface area contributed by atoms with Crippen LogP contribution in [-0.4, -0.2) is 23.0 Å². The Kier molecular flexibility index (Phi) is 6.60. The molecule has 0 spiro atoms. The summed E-state index contributed by atoms with van der Waals surface area (Å²) in [4.78, 5) is 26.7. The van der Waals surface area contributed by atoms with Crippen LogP contribution in [0.15, 0.2) is 48.5 Å². The molecule has 3 fully saturated rings. The lowest BCUT2D eigenvalue weighted by Crippen LogP contribution is -2.61. The second-order valence-electron chi connectivity index (χ2n) is 11.4. The second-order valence-corrected chi connectivity index (χ2v) is 12.5. The maximum absolute atomic E-state index is 13.8. The maximum Gasteiger partial charge on any atom is 0.416 e. The number of carbonyl (C=O) groups is 2. The first-order chi connectivity index (χ1) is 18.6. The zero-order valence-corrected chi connectivity index (χ0v) is 22.1. The first-order valence-electron chi connectivity index (χ1n) is 13.5. The molecule has 2 unspecified atom stereocenters. The van der Waals surface area contributed by atoms with Gasteiger partial charge in [0, 0.05) is 15.5 Å². The predicted molar refractivity (Wildman–Crippen MR) is 142 cm³/mol. The molecule has 39 heavy (non-hydrogen) atoms. The Morgan fingerprint density at radius 1 is 1.03 bits per heavy atom. The number of thiophene rings is 1. The van der Waals surface area contributed by atoms with Crippen LogP contribution in [0.5, 0.6) is 5.75 Å². The van der Waals surface area contributed by atoms with Crippen molar-refractivity contribution in [3.05, 3.63) is 64.5 Å². The molecule has 5 nitrogen and oxygen atoms in total. The van der Waals surface area contributed by atoms with Crippen molar-refractivity contribution in [3.8, 4) is 5.75 Å². The summed E-state index contributed by atoms with van der Waals surface area (Å²) in [6.45, 7) is -0.0309. The van der Waals surface area contributed by atoms with Gasteiger partial charge in [-0.3, -0.25) is 4.79 Å². The topological polar surface area (TPSA) is 75.6 Å². The highest BCUT2D eigenvalue weighted by Crippen LogP contribution is 2.61. The molecule has 3 aromatic rings. The number of hydrogen-bond acceptors (Lipinski definition) is 4. The molecule has 0 radical (unpaired) electrons. The van der Waals surface area contributed by atoms with Gasteiger partial charge in [0.1, 0.15) is 17.5 Å². The molecule has 3 saturated carbocycles. The van der Waals surface area contributed by atoms with Gasteiger partial charge in [0.25, 0.3) is 5.91 Å². The third kappa shape index (κ3) is 4.79. The van der Waals surface area contributed by atoms with E-state index in [4.69, 9.17) is 4.74 Å². The Labute approximate surface area is 228 Å². The van der Waals surface area contributed by atoms with Crippen LogP contribution in [0, 0.1) is 23.2 Å². The standard InChI is InChI=1S/C30H30F3NO4S/c31-30(32,33)21-11-5-17(6-12-21)16-38-24-22-3-1-2-4-23(22)39-25(24)27(35)34-26(28(36)37)29-14-18-7-9-20(29)10-8-19(13-18)15-29/h1-6,11-12,18-20,26H,7-10,13-16H2,(H,34,35)(H,36,37)/t18?,19?,20?,26-,29?/m1/s1. The van der Waals surface area contributed by atoms with Gasteiger partial charge in [0.2, 0.25) is 0 Å². The zero-order valence-electron chi connectivity index (χ0n) is 21.3. The summed E-state index contributed by atoms with van der Waals surface area (Å²) in [5.41, 5.74) is -0.644. The number of carboxylic acids is 1. The number of carboxylic acid groups (broad SMARTS) is 1. The van der Waals surface area contributed by atoms with Gasteiger partial charge >= 0.3 is 12.1 Å². The fourth-order valence-corrected chi connectivity index (χ4v) is 8.59.